The highest BCUT2D eigenvalue weighted by Gasteiger charge is 2.42. The van der Waals surface area contributed by atoms with Gasteiger partial charge in [0.25, 0.3) is 0 Å². The van der Waals surface area contributed by atoms with Crippen LogP contribution in [0.5, 0.6) is 5.75 Å². The molecule has 27 heavy (non-hydrogen) atoms. The van der Waals surface area contributed by atoms with E-state index in [2.05, 4.69) is 4.90 Å². The zero-order valence-corrected chi connectivity index (χ0v) is 15.9. The molecule has 0 spiro atoms. The molecule has 144 valence electrons. The molecule has 3 N–H and O–H groups in total. The standard InChI is InChI=1S/C22H27NO4/c1-23(2)14-15-8-5-6-13-22(15,27)19-12-4-3-9-16(19)17-10-7-11-18(20(17)24)21(25)26/h3-4,7,9-12,15,24,27H,5-6,8,13-14H2,1-2H3,(H,25,26). The van der Waals surface area contributed by atoms with E-state index in [1.54, 1.807) is 12.1 Å². The molecule has 1 aliphatic carbocycles. The second kappa shape index (κ2) is 7.71. The number of aromatic hydroxyl groups is 1. The van der Waals surface area contributed by atoms with Crippen LogP contribution in [-0.4, -0.2) is 46.8 Å². The number of aromatic carboxylic acids is 1. The summed E-state index contributed by atoms with van der Waals surface area (Å²) in [6, 6.07) is 12.2. The molecule has 0 heterocycles. The number of hydrogen-bond donors (Lipinski definition) is 3. The number of carboxylic acids is 1. The van der Waals surface area contributed by atoms with Gasteiger partial charge in [-0.15, -0.1) is 0 Å². The molecular weight excluding hydrogens is 342 g/mol. The fraction of sp³-hybridized carbons (Fsp3) is 0.409. The Bertz CT molecular complexity index is 833. The van der Waals surface area contributed by atoms with Gasteiger partial charge in [0.15, 0.2) is 0 Å². The smallest absolute Gasteiger partial charge is 0.339 e. The molecule has 0 amide bonds. The lowest BCUT2D eigenvalue weighted by Crippen LogP contribution is -2.43. The summed E-state index contributed by atoms with van der Waals surface area (Å²) in [5.74, 6) is -1.36. The number of hydrogen-bond acceptors (Lipinski definition) is 4. The van der Waals surface area contributed by atoms with E-state index in [1.165, 1.54) is 6.07 Å². The van der Waals surface area contributed by atoms with Crippen LogP contribution in [0.1, 0.15) is 41.6 Å². The predicted octanol–water partition coefficient (Wildman–Crippen LogP) is 3.70. The molecule has 2 atom stereocenters. The molecule has 2 aromatic carbocycles. The van der Waals surface area contributed by atoms with Crippen molar-refractivity contribution in [2.24, 2.45) is 5.92 Å². The van der Waals surface area contributed by atoms with Crippen molar-refractivity contribution in [2.45, 2.75) is 31.3 Å². The molecule has 5 heteroatoms. The Morgan fingerprint density at radius 1 is 1.11 bits per heavy atom. The van der Waals surface area contributed by atoms with E-state index < -0.39 is 11.6 Å². The summed E-state index contributed by atoms with van der Waals surface area (Å²) in [4.78, 5) is 13.5. The summed E-state index contributed by atoms with van der Waals surface area (Å²) < 4.78 is 0. The molecule has 0 aliphatic heterocycles. The van der Waals surface area contributed by atoms with Crippen molar-refractivity contribution in [2.75, 3.05) is 20.6 Å². The quantitative estimate of drug-likeness (QED) is 0.749. The first-order valence-corrected chi connectivity index (χ1v) is 9.37. The third-order valence-electron chi connectivity index (χ3n) is 5.57. The van der Waals surface area contributed by atoms with E-state index in [4.69, 9.17) is 0 Å². The Kier molecular flexibility index (Phi) is 5.53. The maximum atomic E-state index is 11.7. The van der Waals surface area contributed by atoms with Gasteiger partial charge in [0.2, 0.25) is 0 Å². The number of benzene rings is 2. The predicted molar refractivity (Wildman–Crippen MR) is 105 cm³/mol. The molecule has 1 saturated carbocycles. The molecule has 0 bridgehead atoms. The Labute approximate surface area is 159 Å². The fourth-order valence-corrected chi connectivity index (χ4v) is 4.29. The number of rotatable bonds is 5. The minimum atomic E-state index is -1.17. The van der Waals surface area contributed by atoms with Crippen molar-refractivity contribution in [3.05, 3.63) is 53.6 Å². The maximum Gasteiger partial charge on any atom is 0.339 e. The molecule has 0 saturated heterocycles. The number of carboxylic acid groups (broad SMARTS) is 1. The highest BCUT2D eigenvalue weighted by molar-refractivity contribution is 5.94. The Morgan fingerprint density at radius 3 is 2.52 bits per heavy atom. The Morgan fingerprint density at radius 2 is 1.81 bits per heavy atom. The molecular formula is C22H27NO4. The third kappa shape index (κ3) is 3.70. The highest BCUT2D eigenvalue weighted by Crippen LogP contribution is 2.46. The van der Waals surface area contributed by atoms with Crippen LogP contribution in [0.4, 0.5) is 0 Å². The van der Waals surface area contributed by atoms with Gasteiger partial charge in [0.05, 0.1) is 5.60 Å². The monoisotopic (exact) mass is 369 g/mol. The van der Waals surface area contributed by atoms with Crippen molar-refractivity contribution in [3.8, 4) is 16.9 Å². The lowest BCUT2D eigenvalue weighted by atomic mass is 9.69. The van der Waals surface area contributed by atoms with Gasteiger partial charge < -0.3 is 20.2 Å². The lowest BCUT2D eigenvalue weighted by Gasteiger charge is -2.42. The fourth-order valence-electron chi connectivity index (χ4n) is 4.29. The average Bonchev–Trinajstić information content (AvgIpc) is 2.63. The minimum absolute atomic E-state index is 0.0761. The number of para-hydroxylation sites is 1. The molecule has 1 fully saturated rings. The van der Waals surface area contributed by atoms with Gasteiger partial charge in [-0.3, -0.25) is 0 Å². The van der Waals surface area contributed by atoms with Gasteiger partial charge >= 0.3 is 5.97 Å². The second-order valence-corrected chi connectivity index (χ2v) is 7.68. The van der Waals surface area contributed by atoms with Crippen LogP contribution in [0.15, 0.2) is 42.5 Å². The van der Waals surface area contributed by atoms with Crippen molar-refractivity contribution in [1.82, 2.24) is 4.90 Å². The molecule has 3 rings (SSSR count). The number of phenols is 1. The van der Waals surface area contributed by atoms with E-state index in [1.807, 2.05) is 38.4 Å². The Balaban J connectivity index is 2.14. The van der Waals surface area contributed by atoms with Crippen LogP contribution in [0.2, 0.25) is 0 Å². The van der Waals surface area contributed by atoms with Crippen LogP contribution in [0, 0.1) is 5.92 Å². The maximum absolute atomic E-state index is 11.7. The van der Waals surface area contributed by atoms with Crippen molar-refractivity contribution in [3.63, 3.8) is 0 Å². The first kappa shape index (κ1) is 19.4. The SMILES string of the molecule is CN(C)CC1CCCCC1(O)c1ccccc1-c1cccc(C(=O)O)c1O. The molecule has 2 unspecified atom stereocenters. The summed E-state index contributed by atoms with van der Waals surface area (Å²) in [7, 11) is 4.01. The topological polar surface area (TPSA) is 81.0 Å². The van der Waals surface area contributed by atoms with E-state index in [-0.39, 0.29) is 17.2 Å². The number of aliphatic hydroxyl groups is 1. The minimum Gasteiger partial charge on any atom is -0.506 e. The summed E-state index contributed by atoms with van der Waals surface area (Å²) in [6.45, 7) is 0.770. The second-order valence-electron chi connectivity index (χ2n) is 7.68. The van der Waals surface area contributed by atoms with E-state index in [0.717, 1.165) is 31.4 Å². The van der Waals surface area contributed by atoms with Crippen molar-refractivity contribution < 1.29 is 20.1 Å². The molecule has 0 radical (unpaired) electrons. The van der Waals surface area contributed by atoms with Crippen LogP contribution < -0.4 is 0 Å². The van der Waals surface area contributed by atoms with Gasteiger partial charge in [0, 0.05) is 18.0 Å². The first-order valence-electron chi connectivity index (χ1n) is 9.37. The van der Waals surface area contributed by atoms with Crippen LogP contribution in [0.25, 0.3) is 11.1 Å². The highest BCUT2D eigenvalue weighted by atomic mass is 16.4. The largest absolute Gasteiger partial charge is 0.506 e. The van der Waals surface area contributed by atoms with Gasteiger partial charge in [-0.1, -0.05) is 49.2 Å². The normalized spacial score (nSPS) is 22.7. The lowest BCUT2D eigenvalue weighted by molar-refractivity contribution is -0.0614. The van der Waals surface area contributed by atoms with Gasteiger partial charge in [-0.2, -0.15) is 0 Å². The van der Waals surface area contributed by atoms with Gasteiger partial charge in [0.1, 0.15) is 11.3 Å². The summed E-state index contributed by atoms with van der Waals surface area (Å²) in [5, 5.41) is 31.6. The van der Waals surface area contributed by atoms with Crippen LogP contribution >= 0.6 is 0 Å². The van der Waals surface area contributed by atoms with E-state index in [9.17, 15) is 20.1 Å². The number of nitrogens with zero attached hydrogens (tertiary/aromatic N) is 1. The third-order valence-corrected chi connectivity index (χ3v) is 5.57. The molecule has 0 aromatic heterocycles. The molecule has 5 nitrogen and oxygen atoms in total. The first-order chi connectivity index (χ1) is 12.8. The summed E-state index contributed by atoms with van der Waals surface area (Å²) >= 11 is 0. The number of carbonyl (C=O) groups is 1. The molecule has 1 aliphatic rings. The molecule has 2 aromatic rings. The van der Waals surface area contributed by atoms with Crippen LogP contribution in [0.3, 0.4) is 0 Å². The van der Waals surface area contributed by atoms with Gasteiger partial charge in [-0.05, 0) is 44.1 Å². The zero-order chi connectivity index (χ0) is 19.6. The van der Waals surface area contributed by atoms with Crippen molar-refractivity contribution >= 4 is 5.97 Å². The van der Waals surface area contributed by atoms with E-state index in [0.29, 0.717) is 17.5 Å². The average molecular weight is 369 g/mol. The van der Waals surface area contributed by atoms with E-state index >= 15 is 0 Å². The van der Waals surface area contributed by atoms with Crippen LogP contribution in [-0.2, 0) is 5.60 Å². The summed E-state index contributed by atoms with van der Waals surface area (Å²) in [5.41, 5.74) is 0.738. The zero-order valence-electron chi connectivity index (χ0n) is 15.9. The van der Waals surface area contributed by atoms with Crippen molar-refractivity contribution in [1.29, 1.82) is 0 Å². The summed E-state index contributed by atoms with van der Waals surface area (Å²) in [6.07, 6.45) is 3.62. The Hall–Kier alpha value is -2.37. The van der Waals surface area contributed by atoms with Gasteiger partial charge in [-0.25, -0.2) is 4.79 Å².